The van der Waals surface area contributed by atoms with Gasteiger partial charge in [-0.2, -0.15) is 0 Å². The van der Waals surface area contributed by atoms with E-state index in [0.717, 1.165) is 27.5 Å². The van der Waals surface area contributed by atoms with Crippen molar-refractivity contribution in [3.63, 3.8) is 0 Å². The Bertz CT molecular complexity index is 2100. The molecule has 1 aliphatic heterocycles. The molecule has 0 amide bonds. The van der Waals surface area contributed by atoms with Crippen LogP contribution in [-0.2, 0) is 16.1 Å². The zero-order chi connectivity index (χ0) is 29.7. The first kappa shape index (κ1) is 28.2. The van der Waals surface area contributed by atoms with Gasteiger partial charge in [-0.3, -0.25) is 9.36 Å². The highest BCUT2D eigenvalue weighted by Crippen LogP contribution is 2.37. The van der Waals surface area contributed by atoms with Crippen LogP contribution < -0.4 is 19.6 Å². The quantitative estimate of drug-likeness (QED) is 0.210. The van der Waals surface area contributed by atoms with Crippen LogP contribution in [0.2, 0.25) is 0 Å². The summed E-state index contributed by atoms with van der Waals surface area (Å²) in [6, 6.07) is 19.4. The number of fused-ring (bicyclic) bond motifs is 4. The highest BCUT2D eigenvalue weighted by Gasteiger charge is 2.35. The van der Waals surface area contributed by atoms with E-state index in [-0.39, 0.29) is 11.7 Å². The summed E-state index contributed by atoms with van der Waals surface area (Å²) in [5.41, 5.74) is 4.51. The number of ether oxygens (including phenoxy) is 2. The Kier molecular flexibility index (Phi) is 7.41. The Balaban J connectivity index is 1.57. The van der Waals surface area contributed by atoms with Gasteiger partial charge >= 0.3 is 5.97 Å². The van der Waals surface area contributed by atoms with Gasteiger partial charge in [0.1, 0.15) is 11.8 Å². The van der Waals surface area contributed by atoms with Crippen LogP contribution in [0.1, 0.15) is 44.9 Å². The van der Waals surface area contributed by atoms with E-state index in [1.165, 1.54) is 22.2 Å². The lowest BCUT2D eigenvalue weighted by atomic mass is 9.95. The van der Waals surface area contributed by atoms with Crippen molar-refractivity contribution in [2.75, 3.05) is 7.11 Å². The van der Waals surface area contributed by atoms with Crippen molar-refractivity contribution in [1.82, 2.24) is 9.13 Å². The average molecular weight is 645 g/mol. The second-order valence-electron chi connectivity index (χ2n) is 10.5. The fourth-order valence-electron chi connectivity index (χ4n) is 5.73. The van der Waals surface area contributed by atoms with Crippen LogP contribution in [0.15, 0.2) is 86.2 Å². The average Bonchev–Trinajstić information content (AvgIpc) is 3.44. The first-order chi connectivity index (χ1) is 20.2. The van der Waals surface area contributed by atoms with Gasteiger partial charge in [0, 0.05) is 38.4 Å². The number of allylic oxidation sites excluding steroid dienone is 1. The number of halogens is 1. The first-order valence-electron chi connectivity index (χ1n) is 13.8. The minimum Gasteiger partial charge on any atom is -0.496 e. The van der Waals surface area contributed by atoms with Crippen LogP contribution in [0, 0.1) is 0 Å². The summed E-state index contributed by atoms with van der Waals surface area (Å²) in [4.78, 5) is 32.8. The molecule has 0 spiro atoms. The van der Waals surface area contributed by atoms with Crippen molar-refractivity contribution in [3.8, 4) is 5.75 Å². The number of benzene rings is 3. The fourth-order valence-corrected chi connectivity index (χ4v) is 7.15. The molecule has 42 heavy (non-hydrogen) atoms. The van der Waals surface area contributed by atoms with Gasteiger partial charge in [0.15, 0.2) is 4.80 Å². The number of thiazole rings is 1. The lowest BCUT2D eigenvalue weighted by Crippen LogP contribution is -2.40. The van der Waals surface area contributed by atoms with Crippen LogP contribution in [0.4, 0.5) is 0 Å². The van der Waals surface area contributed by atoms with Gasteiger partial charge in [0.2, 0.25) is 0 Å². The molecule has 0 aliphatic carbocycles. The van der Waals surface area contributed by atoms with E-state index in [2.05, 4.69) is 57.8 Å². The van der Waals surface area contributed by atoms with Crippen molar-refractivity contribution in [2.45, 2.75) is 46.4 Å². The maximum atomic E-state index is 14.2. The number of hydrogen-bond donors (Lipinski definition) is 0. The van der Waals surface area contributed by atoms with Gasteiger partial charge in [-0.1, -0.05) is 51.5 Å². The minimum absolute atomic E-state index is 0.232. The third kappa shape index (κ3) is 4.70. The molecular formula is C33H30BrN3O4S. The van der Waals surface area contributed by atoms with E-state index in [4.69, 9.17) is 14.5 Å². The Hall–Kier alpha value is -3.95. The van der Waals surface area contributed by atoms with Gasteiger partial charge in [-0.05, 0) is 75.7 Å². The molecule has 3 aromatic carbocycles. The number of aryl methyl sites for hydroxylation is 1. The Morgan fingerprint density at radius 3 is 2.60 bits per heavy atom. The molecule has 6 rings (SSSR count). The molecule has 0 saturated heterocycles. The number of esters is 1. The van der Waals surface area contributed by atoms with Crippen LogP contribution in [0.25, 0.3) is 27.9 Å². The molecule has 0 saturated carbocycles. The van der Waals surface area contributed by atoms with Gasteiger partial charge in [-0.15, -0.1) is 0 Å². The summed E-state index contributed by atoms with van der Waals surface area (Å²) in [5.74, 6) is 0.0467. The molecule has 1 aliphatic rings. The van der Waals surface area contributed by atoms with Crippen LogP contribution in [0.5, 0.6) is 5.75 Å². The monoisotopic (exact) mass is 643 g/mol. The van der Waals surface area contributed by atoms with Gasteiger partial charge in [0.25, 0.3) is 5.56 Å². The second-order valence-corrected chi connectivity index (χ2v) is 12.4. The molecule has 9 heteroatoms. The zero-order valence-corrected chi connectivity index (χ0v) is 26.4. The number of para-hydroxylation sites is 1. The standard InChI is InChI=1S/C33H30BrN3O4S/c1-6-36-25-10-8-7-9-22(25)23-15-20(11-13-26(23)36)16-28-31(38)37-30(24-17-21(34)12-14-27(24)40-5)29(32(39)41-18(2)3)19(4)35-33(37)42-28/h7-18,30H,6H2,1-5H3/b28-16-/t30-/m0/s1. The SMILES string of the molecule is CCn1c2ccccc2c2cc(/C=c3\sc4n(c3=O)[C@@H](c3cc(Br)ccc3OC)C(C(=O)OC(C)C)=C(C)N=4)ccc21. The maximum absolute atomic E-state index is 14.2. The number of carbonyl (C=O) groups is 1. The van der Waals surface area contributed by atoms with Gasteiger partial charge in [0.05, 0.1) is 29.0 Å². The number of methoxy groups -OCH3 is 1. The molecule has 0 fully saturated rings. The molecule has 7 nitrogen and oxygen atoms in total. The largest absolute Gasteiger partial charge is 0.496 e. The molecular weight excluding hydrogens is 614 g/mol. The summed E-state index contributed by atoms with van der Waals surface area (Å²) in [7, 11) is 1.57. The number of aromatic nitrogens is 2. The summed E-state index contributed by atoms with van der Waals surface area (Å²) < 4.78 is 16.5. The summed E-state index contributed by atoms with van der Waals surface area (Å²) in [5, 5.41) is 2.32. The summed E-state index contributed by atoms with van der Waals surface area (Å²) in [6.45, 7) is 8.38. The lowest BCUT2D eigenvalue weighted by Gasteiger charge is -2.26. The molecule has 5 aromatic rings. The topological polar surface area (TPSA) is 74.8 Å². The van der Waals surface area contributed by atoms with Gasteiger partial charge < -0.3 is 14.0 Å². The van der Waals surface area contributed by atoms with Crippen molar-refractivity contribution >= 4 is 61.1 Å². The number of carbonyl (C=O) groups excluding carboxylic acids is 1. The van der Waals surface area contributed by atoms with E-state index in [0.29, 0.717) is 31.9 Å². The van der Waals surface area contributed by atoms with E-state index in [1.54, 1.807) is 32.4 Å². The maximum Gasteiger partial charge on any atom is 0.338 e. The number of hydrogen-bond acceptors (Lipinski definition) is 6. The molecule has 0 unspecified atom stereocenters. The van der Waals surface area contributed by atoms with E-state index in [9.17, 15) is 9.59 Å². The molecule has 2 aromatic heterocycles. The minimum atomic E-state index is -0.771. The Morgan fingerprint density at radius 1 is 1.10 bits per heavy atom. The van der Waals surface area contributed by atoms with Crippen molar-refractivity contribution < 1.29 is 14.3 Å². The zero-order valence-electron chi connectivity index (χ0n) is 24.0. The third-order valence-electron chi connectivity index (χ3n) is 7.48. The Labute approximate surface area is 255 Å². The number of rotatable bonds is 6. The highest BCUT2D eigenvalue weighted by molar-refractivity contribution is 9.10. The fraction of sp³-hybridized carbons (Fsp3) is 0.242. The third-order valence-corrected chi connectivity index (χ3v) is 8.96. The lowest BCUT2D eigenvalue weighted by molar-refractivity contribution is -0.143. The molecule has 0 radical (unpaired) electrons. The molecule has 1 atom stereocenters. The summed E-state index contributed by atoms with van der Waals surface area (Å²) >= 11 is 4.86. The second kappa shape index (κ2) is 11.0. The highest BCUT2D eigenvalue weighted by atomic mass is 79.9. The van der Waals surface area contributed by atoms with Crippen LogP contribution in [-0.4, -0.2) is 28.3 Å². The predicted octanol–water partition coefficient (Wildman–Crippen LogP) is 6.09. The normalized spacial score (nSPS) is 15.4. The summed E-state index contributed by atoms with van der Waals surface area (Å²) in [6.07, 6.45) is 1.57. The molecule has 214 valence electrons. The van der Waals surface area contributed by atoms with E-state index in [1.807, 2.05) is 36.4 Å². The van der Waals surface area contributed by atoms with E-state index >= 15 is 0 Å². The molecule has 0 N–H and O–H groups in total. The molecule has 0 bridgehead atoms. The van der Waals surface area contributed by atoms with Crippen molar-refractivity contribution in [1.29, 1.82) is 0 Å². The van der Waals surface area contributed by atoms with Crippen molar-refractivity contribution in [3.05, 3.63) is 107 Å². The van der Waals surface area contributed by atoms with Crippen molar-refractivity contribution in [2.24, 2.45) is 4.99 Å². The predicted molar refractivity (Wildman–Crippen MR) is 171 cm³/mol. The molecule has 3 heterocycles. The Morgan fingerprint density at radius 2 is 1.86 bits per heavy atom. The van der Waals surface area contributed by atoms with Crippen LogP contribution >= 0.6 is 27.3 Å². The van der Waals surface area contributed by atoms with E-state index < -0.39 is 12.0 Å². The van der Waals surface area contributed by atoms with Crippen LogP contribution in [0.3, 0.4) is 0 Å². The smallest absolute Gasteiger partial charge is 0.338 e. The van der Waals surface area contributed by atoms with Gasteiger partial charge in [-0.25, -0.2) is 9.79 Å². The number of nitrogens with zero attached hydrogens (tertiary/aromatic N) is 3. The first-order valence-corrected chi connectivity index (χ1v) is 15.4.